The van der Waals surface area contributed by atoms with Crippen LogP contribution in [0, 0.1) is 0 Å². The van der Waals surface area contributed by atoms with Gasteiger partial charge in [0.15, 0.2) is 0 Å². The first-order valence-corrected chi connectivity index (χ1v) is 9.52. The molecule has 1 aromatic heterocycles. The normalized spacial score (nSPS) is 22.4. The number of imidazole rings is 1. The highest BCUT2D eigenvalue weighted by atomic mass is 16.2. The molecule has 4 rings (SSSR count). The summed E-state index contributed by atoms with van der Waals surface area (Å²) in [6.07, 6.45) is 4.44. The Labute approximate surface area is 152 Å². The number of hydrogen-bond acceptors (Lipinski definition) is 4. The van der Waals surface area contributed by atoms with Crippen molar-refractivity contribution in [3.63, 3.8) is 0 Å². The average Bonchev–Trinajstić information content (AvgIpc) is 3.26. The van der Waals surface area contributed by atoms with Crippen molar-refractivity contribution >= 4 is 16.9 Å². The van der Waals surface area contributed by atoms with Gasteiger partial charge in [-0.1, -0.05) is 12.8 Å². The molecule has 0 bridgehead atoms. The Balaban J connectivity index is 1.65. The topological polar surface area (TPSA) is 87.4 Å². The summed E-state index contributed by atoms with van der Waals surface area (Å²) in [5, 5.41) is 0. The molecular weight excluding hydrogens is 330 g/mol. The minimum absolute atomic E-state index is 0.00934. The van der Waals surface area contributed by atoms with Crippen molar-refractivity contribution in [1.29, 1.82) is 0 Å². The second-order valence-corrected chi connectivity index (χ2v) is 7.62. The van der Waals surface area contributed by atoms with Gasteiger partial charge in [0.05, 0.1) is 17.1 Å². The summed E-state index contributed by atoms with van der Waals surface area (Å²) >= 11 is 0. The Kier molecular flexibility index (Phi) is 4.58. The molecule has 1 saturated heterocycles. The lowest BCUT2D eigenvalue weighted by Gasteiger charge is -2.39. The highest BCUT2D eigenvalue weighted by Crippen LogP contribution is 2.31. The van der Waals surface area contributed by atoms with Crippen LogP contribution in [0.2, 0.25) is 0 Å². The number of rotatable bonds is 3. The van der Waals surface area contributed by atoms with E-state index in [-0.39, 0.29) is 23.7 Å². The van der Waals surface area contributed by atoms with Crippen LogP contribution in [0.5, 0.6) is 0 Å². The molecule has 1 aromatic carbocycles. The number of nitrogens with two attached hydrogens (primary N) is 1. The van der Waals surface area contributed by atoms with E-state index in [2.05, 4.69) is 9.88 Å². The average molecular weight is 357 g/mol. The van der Waals surface area contributed by atoms with Crippen molar-refractivity contribution in [3.8, 4) is 0 Å². The standard InChI is InChI=1S/C19H27N5O2/c1-22-8-9-23(15(11-20)12-22)18(25)13-6-7-17-16(10-13)21-19(26)24(17)14-4-2-3-5-14/h6-7,10,14-15H,2-5,8-9,11-12,20H2,1H3,(H,21,26)/t15-/m1/s1. The van der Waals surface area contributed by atoms with Crippen molar-refractivity contribution in [1.82, 2.24) is 19.4 Å². The second-order valence-electron chi connectivity index (χ2n) is 7.62. The van der Waals surface area contributed by atoms with Crippen LogP contribution >= 0.6 is 0 Å². The number of carbonyl (C=O) groups is 1. The molecule has 7 nitrogen and oxygen atoms in total. The van der Waals surface area contributed by atoms with E-state index in [1.54, 1.807) is 0 Å². The maximum absolute atomic E-state index is 13.0. The van der Waals surface area contributed by atoms with E-state index in [4.69, 9.17) is 5.73 Å². The maximum Gasteiger partial charge on any atom is 0.326 e. The number of nitrogens with zero attached hydrogens (tertiary/aromatic N) is 3. The zero-order valence-electron chi connectivity index (χ0n) is 15.3. The monoisotopic (exact) mass is 357 g/mol. The number of aromatic amines is 1. The van der Waals surface area contributed by atoms with Crippen LogP contribution in [0.25, 0.3) is 11.0 Å². The molecule has 7 heteroatoms. The first-order chi connectivity index (χ1) is 12.6. The van der Waals surface area contributed by atoms with E-state index >= 15 is 0 Å². The third-order valence-electron chi connectivity index (χ3n) is 5.87. The summed E-state index contributed by atoms with van der Waals surface area (Å²) in [6.45, 7) is 2.76. The predicted octanol–water partition coefficient (Wildman–Crippen LogP) is 1.16. The Morgan fingerprint density at radius 2 is 2.04 bits per heavy atom. The van der Waals surface area contributed by atoms with Crippen LogP contribution in [-0.4, -0.2) is 64.5 Å². The first-order valence-electron chi connectivity index (χ1n) is 9.52. The molecule has 0 unspecified atom stereocenters. The molecule has 1 saturated carbocycles. The van der Waals surface area contributed by atoms with Crippen molar-refractivity contribution in [3.05, 3.63) is 34.2 Å². The van der Waals surface area contributed by atoms with Gasteiger partial charge in [-0.15, -0.1) is 0 Å². The number of carbonyl (C=O) groups excluding carboxylic acids is 1. The van der Waals surface area contributed by atoms with Gasteiger partial charge in [0, 0.05) is 37.8 Å². The van der Waals surface area contributed by atoms with Crippen LogP contribution in [0.4, 0.5) is 0 Å². The van der Waals surface area contributed by atoms with E-state index in [9.17, 15) is 9.59 Å². The van der Waals surface area contributed by atoms with Crippen LogP contribution in [0.3, 0.4) is 0 Å². The number of H-pyrrole nitrogens is 1. The highest BCUT2D eigenvalue weighted by Gasteiger charge is 2.29. The largest absolute Gasteiger partial charge is 0.332 e. The van der Waals surface area contributed by atoms with E-state index < -0.39 is 0 Å². The first kappa shape index (κ1) is 17.3. The van der Waals surface area contributed by atoms with Crippen molar-refractivity contribution in [2.24, 2.45) is 5.73 Å². The summed E-state index contributed by atoms with van der Waals surface area (Å²) in [4.78, 5) is 32.5. The number of likely N-dealkylation sites (N-methyl/N-ethyl adjacent to an activating group) is 1. The fraction of sp³-hybridized carbons (Fsp3) is 0.579. The molecule has 1 amide bonds. The van der Waals surface area contributed by atoms with Gasteiger partial charge in [-0.2, -0.15) is 0 Å². The smallest absolute Gasteiger partial charge is 0.326 e. The molecule has 0 radical (unpaired) electrons. The van der Waals surface area contributed by atoms with Gasteiger partial charge in [0.1, 0.15) is 0 Å². The summed E-state index contributed by atoms with van der Waals surface area (Å²) in [6, 6.07) is 5.87. The molecule has 2 aromatic rings. The summed E-state index contributed by atoms with van der Waals surface area (Å²) in [7, 11) is 2.05. The number of hydrogen-bond donors (Lipinski definition) is 2. The Morgan fingerprint density at radius 1 is 1.27 bits per heavy atom. The minimum Gasteiger partial charge on any atom is -0.332 e. The fourth-order valence-electron chi connectivity index (χ4n) is 4.43. The molecule has 2 fully saturated rings. The van der Waals surface area contributed by atoms with Gasteiger partial charge in [0.2, 0.25) is 0 Å². The summed E-state index contributed by atoms with van der Waals surface area (Å²) in [5.41, 5.74) is 8.06. The van der Waals surface area contributed by atoms with Gasteiger partial charge >= 0.3 is 5.69 Å². The van der Waals surface area contributed by atoms with Crippen LogP contribution < -0.4 is 11.4 Å². The van der Waals surface area contributed by atoms with Crippen molar-refractivity contribution < 1.29 is 4.79 Å². The lowest BCUT2D eigenvalue weighted by molar-refractivity contribution is 0.0516. The van der Waals surface area contributed by atoms with Crippen LogP contribution in [0.1, 0.15) is 42.1 Å². The molecule has 1 aliphatic carbocycles. The van der Waals surface area contributed by atoms with Gasteiger partial charge in [-0.25, -0.2) is 4.79 Å². The quantitative estimate of drug-likeness (QED) is 0.863. The fourth-order valence-corrected chi connectivity index (χ4v) is 4.43. The van der Waals surface area contributed by atoms with E-state index in [0.29, 0.717) is 18.7 Å². The minimum atomic E-state index is -0.0732. The lowest BCUT2D eigenvalue weighted by Crippen LogP contribution is -2.56. The SMILES string of the molecule is CN1CCN(C(=O)c2ccc3c(c2)[nH]c(=O)n3C2CCCC2)[C@H](CN)C1. The third-order valence-corrected chi connectivity index (χ3v) is 5.87. The van der Waals surface area contributed by atoms with E-state index in [1.165, 1.54) is 12.8 Å². The maximum atomic E-state index is 13.0. The van der Waals surface area contributed by atoms with Gasteiger partial charge in [0.25, 0.3) is 5.91 Å². The number of aromatic nitrogens is 2. The number of amides is 1. The number of benzene rings is 1. The van der Waals surface area contributed by atoms with Gasteiger partial charge in [-0.05, 0) is 38.1 Å². The molecule has 0 spiro atoms. The van der Waals surface area contributed by atoms with Crippen LogP contribution in [-0.2, 0) is 0 Å². The molecule has 26 heavy (non-hydrogen) atoms. The Morgan fingerprint density at radius 3 is 2.77 bits per heavy atom. The van der Waals surface area contributed by atoms with Crippen LogP contribution in [0.15, 0.2) is 23.0 Å². The number of piperazine rings is 1. The van der Waals surface area contributed by atoms with Crippen molar-refractivity contribution in [2.45, 2.75) is 37.8 Å². The third kappa shape index (κ3) is 2.95. The summed E-state index contributed by atoms with van der Waals surface area (Å²) in [5.74, 6) is -0.00934. The predicted molar refractivity (Wildman–Crippen MR) is 101 cm³/mol. The Hall–Kier alpha value is -2.12. The lowest BCUT2D eigenvalue weighted by atomic mass is 10.1. The van der Waals surface area contributed by atoms with Gasteiger partial charge in [-0.3, -0.25) is 9.36 Å². The number of fused-ring (bicyclic) bond motifs is 1. The summed E-state index contributed by atoms with van der Waals surface area (Å²) < 4.78 is 1.87. The van der Waals surface area contributed by atoms with E-state index in [0.717, 1.165) is 37.0 Å². The Bertz CT molecular complexity index is 864. The molecule has 2 aliphatic rings. The molecule has 1 atom stereocenters. The molecule has 2 heterocycles. The van der Waals surface area contributed by atoms with E-state index in [1.807, 2.05) is 34.7 Å². The molecule has 1 aliphatic heterocycles. The highest BCUT2D eigenvalue weighted by molar-refractivity contribution is 5.97. The molecule has 140 valence electrons. The number of nitrogens with one attached hydrogen (secondary N) is 1. The zero-order chi connectivity index (χ0) is 18.3. The van der Waals surface area contributed by atoms with Crippen molar-refractivity contribution in [2.75, 3.05) is 33.2 Å². The molecular formula is C19H27N5O2. The van der Waals surface area contributed by atoms with Gasteiger partial charge < -0.3 is 20.5 Å². The molecule has 3 N–H and O–H groups in total. The zero-order valence-corrected chi connectivity index (χ0v) is 15.3. The second kappa shape index (κ2) is 6.89.